The molecule has 5 heteroatoms. The monoisotopic (exact) mass is 336 g/mol. The van der Waals surface area contributed by atoms with Gasteiger partial charge in [0.05, 0.1) is 12.6 Å². The van der Waals surface area contributed by atoms with Crippen LogP contribution < -0.4 is 5.32 Å². The van der Waals surface area contributed by atoms with Gasteiger partial charge in [0.15, 0.2) is 0 Å². The lowest BCUT2D eigenvalue weighted by molar-refractivity contribution is -0.139. The van der Waals surface area contributed by atoms with Crippen LogP contribution in [0, 0.1) is 0 Å². The van der Waals surface area contributed by atoms with Gasteiger partial charge in [-0.2, -0.15) is 0 Å². The number of rotatable bonds is 2. The summed E-state index contributed by atoms with van der Waals surface area (Å²) in [6, 6.07) is 17.4. The average molecular weight is 336 g/mol. The number of fused-ring (bicyclic) bond motifs is 1. The summed E-state index contributed by atoms with van der Waals surface area (Å²) < 4.78 is 4.95. The van der Waals surface area contributed by atoms with Crippen molar-refractivity contribution in [3.63, 3.8) is 0 Å². The van der Waals surface area contributed by atoms with E-state index in [2.05, 4.69) is 17.4 Å². The zero-order chi connectivity index (χ0) is 17.2. The predicted octanol–water partition coefficient (Wildman–Crippen LogP) is 2.81. The molecule has 5 nitrogen and oxygen atoms in total. The third kappa shape index (κ3) is 3.09. The Balaban J connectivity index is 1.62. The maximum absolute atomic E-state index is 12.9. The number of ether oxygens (including phenoxy) is 1. The molecule has 0 bridgehead atoms. The minimum absolute atomic E-state index is 0.0477. The van der Waals surface area contributed by atoms with Crippen LogP contribution >= 0.6 is 0 Å². The van der Waals surface area contributed by atoms with Gasteiger partial charge in [-0.3, -0.25) is 0 Å². The number of amides is 2. The van der Waals surface area contributed by atoms with E-state index in [1.54, 1.807) is 0 Å². The van der Waals surface area contributed by atoms with E-state index in [1.165, 1.54) is 5.56 Å². The summed E-state index contributed by atoms with van der Waals surface area (Å²) in [7, 11) is 0. The largest absolute Gasteiger partial charge is 0.464 e. The normalized spacial score (nSPS) is 22.2. The highest BCUT2D eigenvalue weighted by molar-refractivity contribution is 5.85. The van der Waals surface area contributed by atoms with E-state index in [1.807, 2.05) is 47.4 Å². The molecule has 4 rings (SSSR count). The van der Waals surface area contributed by atoms with Crippen molar-refractivity contribution in [2.24, 2.45) is 0 Å². The molecule has 25 heavy (non-hydrogen) atoms. The van der Waals surface area contributed by atoms with Gasteiger partial charge in [0.2, 0.25) is 0 Å². The fourth-order valence-corrected chi connectivity index (χ4v) is 3.57. The summed E-state index contributed by atoms with van der Waals surface area (Å²) in [6.45, 7) is 0.901. The predicted molar refractivity (Wildman–Crippen MR) is 92.8 cm³/mol. The summed E-state index contributed by atoms with van der Waals surface area (Å²) >= 11 is 0. The molecule has 0 aliphatic carbocycles. The van der Waals surface area contributed by atoms with Gasteiger partial charge in [-0.1, -0.05) is 54.6 Å². The Hall–Kier alpha value is -2.82. The number of carbonyl (C=O) groups excluding carboxylic acids is 2. The summed E-state index contributed by atoms with van der Waals surface area (Å²) in [6.07, 6.45) is 1.30. The van der Waals surface area contributed by atoms with E-state index in [9.17, 15) is 9.59 Å². The van der Waals surface area contributed by atoms with Gasteiger partial charge in [0.1, 0.15) is 6.04 Å². The minimum atomic E-state index is -0.541. The Morgan fingerprint density at radius 1 is 1.04 bits per heavy atom. The second-order valence-electron chi connectivity index (χ2n) is 6.49. The summed E-state index contributed by atoms with van der Waals surface area (Å²) in [5.74, 6) is -0.345. The van der Waals surface area contributed by atoms with Gasteiger partial charge >= 0.3 is 12.0 Å². The van der Waals surface area contributed by atoms with Crippen molar-refractivity contribution in [1.29, 1.82) is 0 Å². The van der Waals surface area contributed by atoms with Gasteiger partial charge < -0.3 is 15.0 Å². The van der Waals surface area contributed by atoms with Crippen LogP contribution in [0.15, 0.2) is 54.6 Å². The van der Waals surface area contributed by atoms with E-state index in [4.69, 9.17) is 4.74 Å². The second-order valence-corrected chi connectivity index (χ2v) is 6.49. The number of urea groups is 1. The molecule has 2 heterocycles. The summed E-state index contributed by atoms with van der Waals surface area (Å²) in [5, 5.41) is 2.84. The van der Waals surface area contributed by atoms with Crippen molar-refractivity contribution in [2.75, 3.05) is 6.61 Å². The zero-order valence-electron chi connectivity index (χ0n) is 13.9. The van der Waals surface area contributed by atoms with E-state index >= 15 is 0 Å². The van der Waals surface area contributed by atoms with Crippen molar-refractivity contribution < 1.29 is 14.3 Å². The summed E-state index contributed by atoms with van der Waals surface area (Å²) in [5.41, 5.74) is 3.51. The molecule has 0 spiro atoms. The third-order valence-corrected chi connectivity index (χ3v) is 4.93. The first kappa shape index (κ1) is 15.7. The molecule has 128 valence electrons. The number of esters is 1. The van der Waals surface area contributed by atoms with E-state index in [-0.39, 0.29) is 18.0 Å². The Kier molecular flexibility index (Phi) is 4.14. The Bertz CT molecular complexity index is 791. The lowest BCUT2D eigenvalue weighted by atomic mass is 9.90. The maximum Gasteiger partial charge on any atom is 0.328 e. The van der Waals surface area contributed by atoms with Crippen molar-refractivity contribution in [2.45, 2.75) is 31.5 Å². The molecule has 1 N–H and O–H groups in total. The van der Waals surface area contributed by atoms with Gasteiger partial charge in [-0.15, -0.1) is 0 Å². The number of carbonyl (C=O) groups is 2. The lowest BCUT2D eigenvalue weighted by Crippen LogP contribution is -2.49. The smallest absolute Gasteiger partial charge is 0.328 e. The molecular formula is C20H20N2O3. The second kappa shape index (κ2) is 6.59. The Morgan fingerprint density at radius 3 is 2.48 bits per heavy atom. The van der Waals surface area contributed by atoms with Crippen LogP contribution in [0.2, 0.25) is 0 Å². The first-order chi connectivity index (χ1) is 12.2. The lowest BCUT2D eigenvalue weighted by Gasteiger charge is -2.37. The Labute approximate surface area is 146 Å². The number of nitrogens with one attached hydrogen (secondary N) is 1. The summed E-state index contributed by atoms with van der Waals surface area (Å²) in [4.78, 5) is 26.4. The molecule has 0 aromatic heterocycles. The molecule has 2 aromatic rings. The van der Waals surface area contributed by atoms with Crippen LogP contribution in [-0.4, -0.2) is 29.5 Å². The fraction of sp³-hybridized carbons (Fsp3) is 0.300. The molecule has 1 saturated heterocycles. The van der Waals surface area contributed by atoms with Gasteiger partial charge in [-0.05, 0) is 23.1 Å². The molecule has 2 amide bonds. The highest BCUT2D eigenvalue weighted by atomic mass is 16.5. The minimum Gasteiger partial charge on any atom is -0.464 e. The maximum atomic E-state index is 12.9. The zero-order valence-corrected chi connectivity index (χ0v) is 13.9. The van der Waals surface area contributed by atoms with Crippen molar-refractivity contribution in [1.82, 2.24) is 10.2 Å². The SMILES string of the molecule is O=C1OCC[C@@H]1NC(=O)N1Cc2ccccc2CC1c1ccccc1. The van der Waals surface area contributed by atoms with Gasteiger partial charge in [0.25, 0.3) is 0 Å². The van der Waals surface area contributed by atoms with E-state index in [0.29, 0.717) is 19.6 Å². The highest BCUT2D eigenvalue weighted by Gasteiger charge is 2.34. The molecule has 2 aliphatic rings. The first-order valence-electron chi connectivity index (χ1n) is 8.58. The standard InChI is InChI=1S/C20H20N2O3/c23-19-17(10-11-25-19)21-20(24)22-13-16-9-5-4-8-15(16)12-18(22)14-6-2-1-3-7-14/h1-9,17-18H,10-13H2,(H,21,24)/t17-,18?/m0/s1. The number of benzene rings is 2. The first-order valence-corrected chi connectivity index (χ1v) is 8.58. The molecule has 2 atom stereocenters. The van der Waals surface area contributed by atoms with Crippen LogP contribution in [0.1, 0.15) is 29.2 Å². The number of hydrogen-bond donors (Lipinski definition) is 1. The highest BCUT2D eigenvalue weighted by Crippen LogP contribution is 2.33. The van der Waals surface area contributed by atoms with Crippen LogP contribution in [0.25, 0.3) is 0 Å². The quantitative estimate of drug-likeness (QED) is 0.858. The average Bonchev–Trinajstić information content (AvgIpc) is 3.06. The number of nitrogens with zero attached hydrogens (tertiary/aromatic N) is 1. The molecule has 2 aromatic carbocycles. The van der Waals surface area contributed by atoms with E-state index < -0.39 is 6.04 Å². The van der Waals surface area contributed by atoms with Gasteiger partial charge in [-0.25, -0.2) is 9.59 Å². The van der Waals surface area contributed by atoms with Crippen LogP contribution in [-0.2, 0) is 22.5 Å². The van der Waals surface area contributed by atoms with Gasteiger partial charge in [0, 0.05) is 13.0 Å². The molecular weight excluding hydrogens is 316 g/mol. The van der Waals surface area contributed by atoms with E-state index in [0.717, 1.165) is 17.5 Å². The van der Waals surface area contributed by atoms with Crippen molar-refractivity contribution in [3.8, 4) is 0 Å². The molecule has 1 unspecified atom stereocenters. The van der Waals surface area contributed by atoms with Crippen LogP contribution in [0.5, 0.6) is 0 Å². The van der Waals surface area contributed by atoms with Crippen molar-refractivity contribution in [3.05, 3.63) is 71.3 Å². The van der Waals surface area contributed by atoms with Crippen LogP contribution in [0.4, 0.5) is 4.79 Å². The third-order valence-electron chi connectivity index (χ3n) is 4.93. The Morgan fingerprint density at radius 2 is 1.76 bits per heavy atom. The molecule has 2 aliphatic heterocycles. The van der Waals surface area contributed by atoms with Crippen molar-refractivity contribution >= 4 is 12.0 Å². The van der Waals surface area contributed by atoms with Crippen LogP contribution in [0.3, 0.4) is 0 Å². The molecule has 0 saturated carbocycles. The molecule has 0 radical (unpaired) electrons. The molecule has 1 fully saturated rings. The topological polar surface area (TPSA) is 58.6 Å². The number of cyclic esters (lactones) is 1. The number of hydrogen-bond acceptors (Lipinski definition) is 3. The fourth-order valence-electron chi connectivity index (χ4n) is 3.57.